The first kappa shape index (κ1) is 16.9. The second kappa shape index (κ2) is 8.07. The summed E-state index contributed by atoms with van der Waals surface area (Å²) in [6, 6.07) is 4.23. The minimum absolute atomic E-state index is 1.15. The van der Waals surface area contributed by atoms with Gasteiger partial charge in [0.25, 0.3) is 0 Å². The van der Waals surface area contributed by atoms with Gasteiger partial charge in [-0.15, -0.1) is 0 Å². The molecule has 0 aromatic carbocycles. The molecule has 0 radical (unpaired) electrons. The van der Waals surface area contributed by atoms with E-state index in [4.69, 9.17) is 8.42 Å². The van der Waals surface area contributed by atoms with Crippen molar-refractivity contribution in [3.05, 3.63) is 30.1 Å². The van der Waals surface area contributed by atoms with Gasteiger partial charge in [0, 0.05) is 18.1 Å². The van der Waals surface area contributed by atoms with E-state index >= 15 is 0 Å². The molecule has 0 atom stereocenters. The zero-order valence-corrected chi connectivity index (χ0v) is 11.2. The molecule has 0 aliphatic heterocycles. The first-order valence-corrected chi connectivity index (χ1v) is 6.62. The van der Waals surface area contributed by atoms with E-state index in [1.165, 1.54) is 18.4 Å². The summed E-state index contributed by atoms with van der Waals surface area (Å²) in [6.45, 7) is 5.50. The SMILES string of the molecule is CCCC[n+]1cccc(C)c1.O=[SH](=O)C(F)(F)F. The topological polar surface area (TPSA) is 38.0 Å². The number of thiol groups is 1. The standard InChI is InChI=1S/C10H16N.CHF3O2S/c1-3-4-7-11-8-5-6-10(2)9-11;2-1(3,4)7(5)6/h5-6,8-9H,3-4,7H2,1-2H3;7H/q+1;. The molecule has 0 fully saturated rings. The van der Waals surface area contributed by atoms with Crippen LogP contribution in [-0.2, 0) is 17.2 Å². The highest BCUT2D eigenvalue weighted by atomic mass is 32.2. The molecule has 0 bridgehead atoms. The summed E-state index contributed by atoms with van der Waals surface area (Å²) >= 11 is 0. The number of pyridine rings is 1. The molecular formula is C11H17F3NO2S+. The Bertz CT molecular complexity index is 423. The van der Waals surface area contributed by atoms with Crippen molar-refractivity contribution in [1.29, 1.82) is 0 Å². The van der Waals surface area contributed by atoms with Crippen LogP contribution in [0.2, 0.25) is 0 Å². The lowest BCUT2D eigenvalue weighted by Gasteiger charge is -1.94. The molecule has 0 aliphatic carbocycles. The fourth-order valence-electron chi connectivity index (χ4n) is 1.13. The number of nitrogens with zero attached hydrogens (tertiary/aromatic N) is 1. The Morgan fingerprint density at radius 2 is 1.89 bits per heavy atom. The predicted molar refractivity (Wildman–Crippen MR) is 62.7 cm³/mol. The summed E-state index contributed by atoms with van der Waals surface area (Å²) < 4.78 is 51.9. The summed E-state index contributed by atoms with van der Waals surface area (Å²) in [7, 11) is -4.24. The van der Waals surface area contributed by atoms with Gasteiger partial charge in [0.05, 0.1) is 0 Å². The quantitative estimate of drug-likeness (QED) is 0.682. The molecular weight excluding hydrogens is 267 g/mol. The monoisotopic (exact) mass is 284 g/mol. The van der Waals surface area contributed by atoms with Gasteiger partial charge < -0.3 is 0 Å². The molecule has 7 heteroatoms. The summed E-state index contributed by atoms with van der Waals surface area (Å²) in [5, 5.41) is 0. The Hall–Kier alpha value is -1.11. The Labute approximate surface area is 106 Å². The van der Waals surface area contributed by atoms with Gasteiger partial charge in [-0.1, -0.05) is 13.3 Å². The van der Waals surface area contributed by atoms with E-state index < -0.39 is 16.2 Å². The van der Waals surface area contributed by atoms with E-state index in [0.29, 0.717) is 0 Å². The predicted octanol–water partition coefficient (Wildman–Crippen LogP) is 2.20. The van der Waals surface area contributed by atoms with Crippen molar-refractivity contribution in [3.8, 4) is 0 Å². The van der Waals surface area contributed by atoms with Crippen LogP contribution in [0.5, 0.6) is 0 Å². The van der Waals surface area contributed by atoms with Crippen LogP contribution in [-0.4, -0.2) is 13.9 Å². The molecule has 1 heterocycles. The Balaban J connectivity index is 0.000000360. The molecule has 0 N–H and O–H groups in total. The summed E-state index contributed by atoms with van der Waals surface area (Å²) in [5.74, 6) is 0. The second-order valence-corrected chi connectivity index (χ2v) is 4.72. The Morgan fingerprint density at radius 1 is 1.33 bits per heavy atom. The normalized spacial score (nSPS) is 11.0. The number of hydrogen-bond donors (Lipinski definition) is 1. The highest BCUT2D eigenvalue weighted by molar-refractivity contribution is 7.73. The highest BCUT2D eigenvalue weighted by Gasteiger charge is 2.31. The van der Waals surface area contributed by atoms with Gasteiger partial charge in [-0.2, -0.15) is 13.2 Å². The lowest BCUT2D eigenvalue weighted by molar-refractivity contribution is -0.697. The molecule has 1 rings (SSSR count). The highest BCUT2D eigenvalue weighted by Crippen LogP contribution is 2.13. The molecule has 104 valence electrons. The van der Waals surface area contributed by atoms with E-state index in [-0.39, 0.29) is 0 Å². The summed E-state index contributed by atoms with van der Waals surface area (Å²) in [6.07, 6.45) is 6.85. The minimum Gasteiger partial charge on any atom is -0.223 e. The molecule has 1 aromatic heterocycles. The first-order valence-electron chi connectivity index (χ1n) is 5.44. The van der Waals surface area contributed by atoms with Crippen molar-refractivity contribution in [2.45, 2.75) is 38.7 Å². The van der Waals surface area contributed by atoms with Gasteiger partial charge in [0.2, 0.25) is 10.7 Å². The van der Waals surface area contributed by atoms with Gasteiger partial charge in [0.15, 0.2) is 12.4 Å². The van der Waals surface area contributed by atoms with Gasteiger partial charge in [-0.05, 0) is 13.0 Å². The van der Waals surface area contributed by atoms with Crippen molar-refractivity contribution in [3.63, 3.8) is 0 Å². The van der Waals surface area contributed by atoms with Crippen LogP contribution in [0, 0.1) is 6.92 Å². The largest absolute Gasteiger partial charge is 0.494 e. The molecule has 0 saturated heterocycles. The van der Waals surface area contributed by atoms with Crippen molar-refractivity contribution >= 4 is 10.7 Å². The Morgan fingerprint density at radius 3 is 2.28 bits per heavy atom. The molecule has 0 spiro atoms. The molecule has 3 nitrogen and oxygen atoms in total. The van der Waals surface area contributed by atoms with Crippen molar-refractivity contribution in [2.24, 2.45) is 0 Å². The number of halogens is 3. The van der Waals surface area contributed by atoms with Crippen molar-refractivity contribution in [2.75, 3.05) is 0 Å². The third-order valence-electron chi connectivity index (χ3n) is 1.98. The van der Waals surface area contributed by atoms with Crippen LogP contribution in [0.25, 0.3) is 0 Å². The lowest BCUT2D eigenvalue weighted by atomic mass is 10.3. The maximum absolute atomic E-state index is 10.6. The Kier molecular flexibility index (Phi) is 7.58. The van der Waals surface area contributed by atoms with E-state index in [2.05, 4.69) is 42.9 Å². The van der Waals surface area contributed by atoms with E-state index in [0.717, 1.165) is 6.54 Å². The smallest absolute Gasteiger partial charge is 0.223 e. The van der Waals surface area contributed by atoms with Crippen molar-refractivity contribution < 1.29 is 26.2 Å². The van der Waals surface area contributed by atoms with E-state index in [9.17, 15) is 13.2 Å². The van der Waals surface area contributed by atoms with Gasteiger partial charge >= 0.3 is 5.51 Å². The van der Waals surface area contributed by atoms with Crippen LogP contribution in [0.15, 0.2) is 24.5 Å². The van der Waals surface area contributed by atoms with Crippen molar-refractivity contribution in [1.82, 2.24) is 0 Å². The van der Waals surface area contributed by atoms with Gasteiger partial charge in [-0.3, -0.25) is 0 Å². The lowest BCUT2D eigenvalue weighted by Crippen LogP contribution is -2.32. The van der Waals surface area contributed by atoms with Crippen LogP contribution >= 0.6 is 0 Å². The minimum atomic E-state index is -5.05. The maximum Gasteiger partial charge on any atom is 0.494 e. The van der Waals surface area contributed by atoms with Crippen LogP contribution in [0.3, 0.4) is 0 Å². The second-order valence-electron chi connectivity index (χ2n) is 3.70. The van der Waals surface area contributed by atoms with Crippen LogP contribution in [0.4, 0.5) is 13.2 Å². The molecule has 1 aromatic rings. The number of aromatic nitrogens is 1. The average molecular weight is 284 g/mol. The third kappa shape index (κ3) is 8.05. The zero-order chi connectivity index (χ0) is 14.2. The van der Waals surface area contributed by atoms with Crippen LogP contribution in [0.1, 0.15) is 25.3 Å². The number of hydrogen-bond acceptors (Lipinski definition) is 2. The molecule has 0 amide bonds. The van der Waals surface area contributed by atoms with E-state index in [1.54, 1.807) is 0 Å². The molecule has 18 heavy (non-hydrogen) atoms. The third-order valence-corrected chi connectivity index (χ3v) is 2.40. The fraction of sp³-hybridized carbons (Fsp3) is 0.545. The van der Waals surface area contributed by atoms with Gasteiger partial charge in [-0.25, -0.2) is 13.0 Å². The number of rotatable bonds is 3. The number of alkyl halides is 3. The first-order chi connectivity index (χ1) is 8.27. The zero-order valence-electron chi connectivity index (χ0n) is 10.3. The molecule has 0 unspecified atom stereocenters. The number of unbranched alkanes of at least 4 members (excludes halogenated alkanes) is 1. The summed E-state index contributed by atoms with van der Waals surface area (Å²) in [4.78, 5) is 0. The molecule has 0 saturated carbocycles. The fourth-order valence-corrected chi connectivity index (χ4v) is 1.13. The van der Waals surface area contributed by atoms with Gasteiger partial charge in [0.1, 0.15) is 6.54 Å². The summed E-state index contributed by atoms with van der Waals surface area (Å²) in [5.41, 5.74) is -3.71. The van der Waals surface area contributed by atoms with Crippen LogP contribution < -0.4 is 4.57 Å². The number of aryl methyl sites for hydroxylation is 2. The maximum atomic E-state index is 10.6. The van der Waals surface area contributed by atoms with E-state index in [1.807, 2.05) is 0 Å². The molecule has 0 aliphatic rings. The average Bonchev–Trinajstić information content (AvgIpc) is 2.26.